The standard InChI is InChI=1S/C16H19N3/c1-12-6-7-13(2)19(12)16-9-8-14(11-18-16)15-5-3-4-10-17-15/h6-9,11H,3-5,10H2,1-2H3. The van der Waals surface area contributed by atoms with Gasteiger partial charge in [0, 0.05) is 35.4 Å². The van der Waals surface area contributed by atoms with Gasteiger partial charge in [0.15, 0.2) is 0 Å². The quantitative estimate of drug-likeness (QED) is 0.806. The molecule has 0 aliphatic carbocycles. The molecule has 0 N–H and O–H groups in total. The lowest BCUT2D eigenvalue weighted by molar-refractivity contribution is 0.738. The molecule has 0 bridgehead atoms. The number of rotatable bonds is 2. The van der Waals surface area contributed by atoms with Crippen LogP contribution in [0.2, 0.25) is 0 Å². The molecular formula is C16H19N3. The van der Waals surface area contributed by atoms with Gasteiger partial charge in [0.2, 0.25) is 0 Å². The maximum Gasteiger partial charge on any atom is 0.136 e. The van der Waals surface area contributed by atoms with Crippen LogP contribution < -0.4 is 0 Å². The van der Waals surface area contributed by atoms with E-state index in [9.17, 15) is 0 Å². The highest BCUT2D eigenvalue weighted by molar-refractivity contribution is 6.00. The van der Waals surface area contributed by atoms with Crippen LogP contribution in [0.1, 0.15) is 36.2 Å². The van der Waals surface area contributed by atoms with Gasteiger partial charge in [-0.1, -0.05) is 0 Å². The maximum atomic E-state index is 4.60. The van der Waals surface area contributed by atoms with Crippen molar-refractivity contribution in [3.63, 3.8) is 0 Å². The summed E-state index contributed by atoms with van der Waals surface area (Å²) in [6.07, 6.45) is 5.51. The topological polar surface area (TPSA) is 30.2 Å². The van der Waals surface area contributed by atoms with Gasteiger partial charge in [-0.3, -0.25) is 4.99 Å². The van der Waals surface area contributed by atoms with Crippen LogP contribution in [0.15, 0.2) is 35.5 Å². The molecule has 0 atom stereocenters. The van der Waals surface area contributed by atoms with E-state index >= 15 is 0 Å². The van der Waals surface area contributed by atoms with Gasteiger partial charge in [-0.2, -0.15) is 0 Å². The summed E-state index contributed by atoms with van der Waals surface area (Å²) in [5.41, 5.74) is 4.82. The normalized spacial score (nSPS) is 15.4. The fourth-order valence-corrected chi connectivity index (χ4v) is 2.65. The third-order valence-electron chi connectivity index (χ3n) is 3.71. The molecular weight excluding hydrogens is 234 g/mol. The highest BCUT2D eigenvalue weighted by Crippen LogP contribution is 2.17. The highest BCUT2D eigenvalue weighted by atomic mass is 15.1. The van der Waals surface area contributed by atoms with Crippen molar-refractivity contribution in [1.82, 2.24) is 9.55 Å². The van der Waals surface area contributed by atoms with Crippen molar-refractivity contribution in [1.29, 1.82) is 0 Å². The molecule has 2 aromatic rings. The van der Waals surface area contributed by atoms with Gasteiger partial charge in [0.25, 0.3) is 0 Å². The van der Waals surface area contributed by atoms with Gasteiger partial charge >= 0.3 is 0 Å². The highest BCUT2D eigenvalue weighted by Gasteiger charge is 2.09. The Morgan fingerprint density at radius 3 is 2.37 bits per heavy atom. The smallest absolute Gasteiger partial charge is 0.136 e. The molecule has 3 heterocycles. The van der Waals surface area contributed by atoms with Crippen molar-refractivity contribution in [2.45, 2.75) is 33.1 Å². The first-order valence-electron chi connectivity index (χ1n) is 6.91. The number of pyridine rings is 1. The Kier molecular flexibility index (Phi) is 3.20. The fourth-order valence-electron chi connectivity index (χ4n) is 2.65. The molecule has 98 valence electrons. The Labute approximate surface area is 114 Å². The predicted molar refractivity (Wildman–Crippen MR) is 78.3 cm³/mol. The van der Waals surface area contributed by atoms with Gasteiger partial charge < -0.3 is 4.57 Å². The summed E-state index contributed by atoms with van der Waals surface area (Å²) < 4.78 is 2.17. The monoisotopic (exact) mass is 253 g/mol. The van der Waals surface area contributed by atoms with Crippen LogP contribution >= 0.6 is 0 Å². The lowest BCUT2D eigenvalue weighted by atomic mass is 10.0. The number of aromatic nitrogens is 2. The minimum Gasteiger partial charge on any atom is -0.303 e. The van der Waals surface area contributed by atoms with E-state index in [0.717, 1.165) is 18.8 Å². The van der Waals surface area contributed by atoms with Gasteiger partial charge in [-0.15, -0.1) is 0 Å². The molecule has 0 radical (unpaired) electrons. The zero-order valence-corrected chi connectivity index (χ0v) is 11.6. The van der Waals surface area contributed by atoms with Crippen molar-refractivity contribution in [3.05, 3.63) is 47.4 Å². The Balaban J connectivity index is 1.93. The van der Waals surface area contributed by atoms with Crippen molar-refractivity contribution >= 4 is 5.71 Å². The van der Waals surface area contributed by atoms with E-state index in [-0.39, 0.29) is 0 Å². The maximum absolute atomic E-state index is 4.60. The number of aliphatic imine (C=N–C) groups is 1. The van der Waals surface area contributed by atoms with E-state index < -0.39 is 0 Å². The third kappa shape index (κ3) is 2.33. The first-order chi connectivity index (χ1) is 9.25. The van der Waals surface area contributed by atoms with Crippen LogP contribution in [0.25, 0.3) is 5.82 Å². The van der Waals surface area contributed by atoms with E-state index in [4.69, 9.17) is 0 Å². The van der Waals surface area contributed by atoms with Gasteiger partial charge in [-0.25, -0.2) is 4.98 Å². The molecule has 0 unspecified atom stereocenters. The number of hydrogen-bond donors (Lipinski definition) is 0. The zero-order chi connectivity index (χ0) is 13.2. The molecule has 0 saturated carbocycles. The summed E-state index contributed by atoms with van der Waals surface area (Å²) in [6, 6.07) is 8.48. The Hall–Kier alpha value is -1.90. The van der Waals surface area contributed by atoms with Gasteiger partial charge in [-0.05, 0) is 57.4 Å². The lowest BCUT2D eigenvalue weighted by Crippen LogP contribution is -2.09. The largest absolute Gasteiger partial charge is 0.303 e. The molecule has 3 nitrogen and oxygen atoms in total. The van der Waals surface area contributed by atoms with Gasteiger partial charge in [0.05, 0.1) is 0 Å². The minimum atomic E-state index is 0.965. The molecule has 1 aliphatic heterocycles. The zero-order valence-electron chi connectivity index (χ0n) is 11.6. The Bertz CT molecular complexity index is 586. The van der Waals surface area contributed by atoms with E-state index in [1.807, 2.05) is 6.20 Å². The predicted octanol–water partition coefficient (Wildman–Crippen LogP) is 3.46. The summed E-state index contributed by atoms with van der Waals surface area (Å²) in [4.78, 5) is 9.20. The third-order valence-corrected chi connectivity index (χ3v) is 3.71. The van der Waals surface area contributed by atoms with Crippen molar-refractivity contribution in [2.75, 3.05) is 6.54 Å². The molecule has 3 rings (SSSR count). The summed E-state index contributed by atoms with van der Waals surface area (Å²) in [5, 5.41) is 0. The summed E-state index contributed by atoms with van der Waals surface area (Å²) in [7, 11) is 0. The molecule has 2 aromatic heterocycles. The lowest BCUT2D eigenvalue weighted by Gasteiger charge is -2.13. The first-order valence-corrected chi connectivity index (χ1v) is 6.91. The van der Waals surface area contributed by atoms with E-state index in [0.29, 0.717) is 0 Å². The molecule has 1 aliphatic rings. The average molecular weight is 253 g/mol. The minimum absolute atomic E-state index is 0.965. The molecule has 0 spiro atoms. The van der Waals surface area contributed by atoms with Crippen molar-refractivity contribution in [2.24, 2.45) is 4.99 Å². The van der Waals surface area contributed by atoms with Crippen LogP contribution in [0.5, 0.6) is 0 Å². The van der Waals surface area contributed by atoms with Crippen LogP contribution in [0, 0.1) is 13.8 Å². The summed E-state index contributed by atoms with van der Waals surface area (Å²) in [6.45, 7) is 5.18. The van der Waals surface area contributed by atoms with Crippen molar-refractivity contribution in [3.8, 4) is 5.82 Å². The van der Waals surface area contributed by atoms with Crippen LogP contribution in [0.3, 0.4) is 0 Å². The molecule has 0 amide bonds. The van der Waals surface area contributed by atoms with Crippen LogP contribution in [-0.4, -0.2) is 21.8 Å². The first kappa shape index (κ1) is 12.2. The molecule has 3 heteroatoms. The van der Waals surface area contributed by atoms with Gasteiger partial charge in [0.1, 0.15) is 5.82 Å². The second kappa shape index (κ2) is 5.00. The molecule has 0 aromatic carbocycles. The van der Waals surface area contributed by atoms with Crippen LogP contribution in [0.4, 0.5) is 0 Å². The molecule has 19 heavy (non-hydrogen) atoms. The number of nitrogens with zero attached hydrogens (tertiary/aromatic N) is 3. The SMILES string of the molecule is Cc1ccc(C)n1-c1ccc(C2=NCCCC2)cn1. The van der Waals surface area contributed by atoms with E-state index in [1.54, 1.807) is 0 Å². The van der Waals surface area contributed by atoms with Crippen molar-refractivity contribution < 1.29 is 0 Å². The van der Waals surface area contributed by atoms with Crippen LogP contribution in [-0.2, 0) is 0 Å². The number of aryl methyl sites for hydroxylation is 2. The van der Waals surface area contributed by atoms with E-state index in [1.165, 1.54) is 35.5 Å². The average Bonchev–Trinajstić information content (AvgIpc) is 2.79. The Morgan fingerprint density at radius 2 is 1.79 bits per heavy atom. The molecule has 0 fully saturated rings. The fraction of sp³-hybridized carbons (Fsp3) is 0.375. The summed E-state index contributed by atoms with van der Waals surface area (Å²) >= 11 is 0. The molecule has 0 saturated heterocycles. The Morgan fingerprint density at radius 1 is 1.00 bits per heavy atom. The summed E-state index contributed by atoms with van der Waals surface area (Å²) in [5.74, 6) is 0.986. The second-order valence-electron chi connectivity index (χ2n) is 5.14. The number of hydrogen-bond acceptors (Lipinski definition) is 2. The second-order valence-corrected chi connectivity index (χ2v) is 5.14. The van der Waals surface area contributed by atoms with E-state index in [2.05, 4.69) is 52.7 Å².